The summed E-state index contributed by atoms with van der Waals surface area (Å²) >= 11 is 0. The molecule has 0 aliphatic rings. The lowest BCUT2D eigenvalue weighted by molar-refractivity contribution is -0.167. The molecule has 3 amide bonds. The minimum absolute atomic E-state index is 0.0309. The second-order valence-corrected chi connectivity index (χ2v) is 7.58. The first-order chi connectivity index (χ1) is 16.4. The van der Waals surface area contributed by atoms with Gasteiger partial charge in [-0.1, -0.05) is 24.3 Å². The Kier molecular flexibility index (Phi) is 9.32. The van der Waals surface area contributed by atoms with Crippen molar-refractivity contribution in [2.24, 2.45) is 5.73 Å². The van der Waals surface area contributed by atoms with Crippen LogP contribution < -0.4 is 21.9 Å². The van der Waals surface area contributed by atoms with Gasteiger partial charge in [0.2, 0.25) is 11.8 Å². The number of amides is 3. The van der Waals surface area contributed by atoms with Gasteiger partial charge in [0.1, 0.15) is 17.5 Å². The molecule has 2 aromatic rings. The summed E-state index contributed by atoms with van der Waals surface area (Å²) < 4.78 is 52.2. The fraction of sp³-hybridized carbons (Fsp3) is 0.304. The molecule has 0 spiro atoms. The van der Waals surface area contributed by atoms with E-state index >= 15 is 0 Å². The summed E-state index contributed by atoms with van der Waals surface area (Å²) in [6.45, 7) is 1.69. The molecule has 0 aliphatic carbocycles. The molecule has 0 aliphatic heterocycles. The summed E-state index contributed by atoms with van der Waals surface area (Å²) in [5, 5.41) is 4.19. The number of primary amides is 1. The standard InChI is InChI=1S/C23H24F4N4O4/c1-2-4-16(10-11-19(28)32)29-20(33)18(13-14-6-8-15(24)9-7-14)31-12-3-5-17(21(31)34)30-22(35)23(25,26)27/h2-9,12,16,18H,10-11,13H2,1H3,(H2,28,32)(H,29,33)(H,30,35)/b4-2+/t16-,18+/m1/s1. The van der Waals surface area contributed by atoms with Crippen molar-refractivity contribution >= 4 is 23.4 Å². The van der Waals surface area contributed by atoms with E-state index < -0.39 is 53.0 Å². The summed E-state index contributed by atoms with van der Waals surface area (Å²) in [6.07, 6.45) is -0.770. The van der Waals surface area contributed by atoms with Gasteiger partial charge in [-0.25, -0.2) is 4.39 Å². The zero-order valence-electron chi connectivity index (χ0n) is 18.6. The molecule has 35 heavy (non-hydrogen) atoms. The zero-order valence-corrected chi connectivity index (χ0v) is 18.6. The van der Waals surface area contributed by atoms with Gasteiger partial charge in [0, 0.05) is 25.1 Å². The lowest BCUT2D eigenvalue weighted by atomic mass is 10.0. The number of nitrogens with one attached hydrogen (secondary N) is 2. The number of hydrogen-bond donors (Lipinski definition) is 3. The second kappa shape index (κ2) is 12.0. The number of pyridine rings is 1. The van der Waals surface area contributed by atoms with E-state index in [0.717, 1.165) is 22.8 Å². The Morgan fingerprint density at radius 1 is 1.14 bits per heavy atom. The van der Waals surface area contributed by atoms with Gasteiger partial charge >= 0.3 is 12.1 Å². The van der Waals surface area contributed by atoms with Crippen LogP contribution in [0.5, 0.6) is 0 Å². The average molecular weight is 496 g/mol. The number of allylic oxidation sites excluding steroid dienone is 1. The van der Waals surface area contributed by atoms with Crippen molar-refractivity contribution in [3.63, 3.8) is 0 Å². The third kappa shape index (κ3) is 8.09. The Bertz CT molecular complexity index is 1140. The van der Waals surface area contributed by atoms with Crippen LogP contribution in [0.25, 0.3) is 0 Å². The maximum atomic E-state index is 13.3. The number of nitrogens with zero attached hydrogens (tertiary/aromatic N) is 1. The largest absolute Gasteiger partial charge is 0.471 e. The quantitative estimate of drug-likeness (QED) is 0.346. The van der Waals surface area contributed by atoms with Gasteiger partial charge in [0.15, 0.2) is 0 Å². The molecule has 4 N–H and O–H groups in total. The Labute approximate surface area is 197 Å². The Morgan fingerprint density at radius 2 is 1.80 bits per heavy atom. The van der Waals surface area contributed by atoms with Crippen molar-refractivity contribution in [1.82, 2.24) is 9.88 Å². The molecule has 0 bridgehead atoms. The minimum Gasteiger partial charge on any atom is -0.370 e. The summed E-state index contributed by atoms with van der Waals surface area (Å²) in [6, 6.07) is 5.38. The smallest absolute Gasteiger partial charge is 0.370 e. The van der Waals surface area contributed by atoms with Crippen LogP contribution in [0.1, 0.15) is 31.4 Å². The first-order valence-electron chi connectivity index (χ1n) is 10.5. The van der Waals surface area contributed by atoms with Gasteiger partial charge in [0.05, 0.1) is 0 Å². The van der Waals surface area contributed by atoms with E-state index in [9.17, 15) is 36.7 Å². The number of carbonyl (C=O) groups is 3. The van der Waals surface area contributed by atoms with E-state index in [2.05, 4.69) is 5.32 Å². The Morgan fingerprint density at radius 3 is 2.37 bits per heavy atom. The maximum absolute atomic E-state index is 13.3. The number of alkyl halides is 3. The molecule has 1 aromatic carbocycles. The summed E-state index contributed by atoms with van der Waals surface area (Å²) in [5.74, 6) is -4.14. The first kappa shape index (κ1) is 27.3. The van der Waals surface area contributed by atoms with Crippen molar-refractivity contribution in [1.29, 1.82) is 0 Å². The molecule has 1 aromatic heterocycles. The molecule has 12 heteroatoms. The van der Waals surface area contributed by atoms with Crippen molar-refractivity contribution in [2.45, 2.75) is 44.4 Å². The molecule has 0 saturated carbocycles. The highest BCUT2D eigenvalue weighted by atomic mass is 19.4. The second-order valence-electron chi connectivity index (χ2n) is 7.58. The molecule has 1 heterocycles. The molecule has 2 rings (SSSR count). The van der Waals surface area contributed by atoms with Crippen LogP contribution in [-0.2, 0) is 20.8 Å². The molecular weight excluding hydrogens is 472 g/mol. The van der Waals surface area contributed by atoms with Crippen molar-refractivity contribution in [2.75, 3.05) is 5.32 Å². The molecule has 0 fully saturated rings. The number of anilines is 1. The summed E-state index contributed by atoms with van der Waals surface area (Å²) in [4.78, 5) is 48.6. The van der Waals surface area contributed by atoms with Crippen LogP contribution in [0, 0.1) is 5.82 Å². The lowest BCUT2D eigenvalue weighted by Crippen LogP contribution is -2.43. The fourth-order valence-electron chi connectivity index (χ4n) is 3.23. The number of aromatic nitrogens is 1. The van der Waals surface area contributed by atoms with Gasteiger partial charge in [-0.2, -0.15) is 13.2 Å². The lowest BCUT2D eigenvalue weighted by Gasteiger charge is -2.23. The normalized spacial score (nSPS) is 13.3. The molecule has 188 valence electrons. The Hall–Kier alpha value is -3.96. The number of rotatable bonds is 10. The van der Waals surface area contributed by atoms with Gasteiger partial charge in [-0.15, -0.1) is 0 Å². The van der Waals surface area contributed by atoms with E-state index in [1.54, 1.807) is 19.1 Å². The predicted octanol–water partition coefficient (Wildman–Crippen LogP) is 2.60. The van der Waals surface area contributed by atoms with E-state index in [4.69, 9.17) is 5.73 Å². The van der Waals surface area contributed by atoms with Crippen LogP contribution in [0.3, 0.4) is 0 Å². The third-order valence-corrected chi connectivity index (χ3v) is 4.92. The van der Waals surface area contributed by atoms with Crippen LogP contribution in [0.4, 0.5) is 23.2 Å². The molecule has 8 nitrogen and oxygen atoms in total. The highest BCUT2D eigenvalue weighted by Crippen LogP contribution is 2.19. The zero-order chi connectivity index (χ0) is 26.2. The predicted molar refractivity (Wildman–Crippen MR) is 120 cm³/mol. The minimum atomic E-state index is -5.22. The molecular formula is C23H24F4N4O4. The van der Waals surface area contributed by atoms with Gasteiger partial charge in [-0.3, -0.25) is 19.2 Å². The van der Waals surface area contributed by atoms with Gasteiger partial charge in [0.25, 0.3) is 5.56 Å². The summed E-state index contributed by atoms with van der Waals surface area (Å²) in [7, 11) is 0. The van der Waals surface area contributed by atoms with E-state index in [1.807, 2.05) is 0 Å². The average Bonchev–Trinajstić information content (AvgIpc) is 2.78. The monoisotopic (exact) mass is 496 g/mol. The molecule has 0 unspecified atom stereocenters. The number of nitrogens with two attached hydrogens (primary N) is 1. The van der Waals surface area contributed by atoms with E-state index in [1.165, 1.54) is 29.7 Å². The molecule has 2 atom stereocenters. The van der Waals surface area contributed by atoms with E-state index in [-0.39, 0.29) is 19.3 Å². The molecule has 0 radical (unpaired) electrons. The number of carbonyl (C=O) groups excluding carboxylic acids is 3. The molecule has 0 saturated heterocycles. The SMILES string of the molecule is C/C=C/[C@H](CCC(N)=O)NC(=O)[C@H](Cc1ccc(F)cc1)n1cccc(NC(=O)C(F)(F)F)c1=O. The van der Waals surface area contributed by atoms with Gasteiger partial charge in [-0.05, 0) is 43.2 Å². The maximum Gasteiger partial charge on any atom is 0.471 e. The number of benzene rings is 1. The highest BCUT2D eigenvalue weighted by Gasteiger charge is 2.39. The van der Waals surface area contributed by atoms with Crippen LogP contribution in [-0.4, -0.2) is 34.5 Å². The van der Waals surface area contributed by atoms with Crippen molar-refractivity contribution in [3.8, 4) is 0 Å². The van der Waals surface area contributed by atoms with Gasteiger partial charge < -0.3 is 20.9 Å². The van der Waals surface area contributed by atoms with Crippen LogP contribution in [0.2, 0.25) is 0 Å². The third-order valence-electron chi connectivity index (χ3n) is 4.92. The van der Waals surface area contributed by atoms with Crippen LogP contribution in [0.15, 0.2) is 59.5 Å². The Balaban J connectivity index is 2.44. The van der Waals surface area contributed by atoms with E-state index in [0.29, 0.717) is 5.56 Å². The highest BCUT2D eigenvalue weighted by molar-refractivity contribution is 5.94. The summed E-state index contributed by atoms with van der Waals surface area (Å²) in [5.41, 5.74) is 3.91. The fourth-order valence-corrected chi connectivity index (χ4v) is 3.23. The number of halogens is 4. The van der Waals surface area contributed by atoms with Crippen molar-refractivity contribution in [3.05, 3.63) is 76.5 Å². The first-order valence-corrected chi connectivity index (χ1v) is 10.5. The number of hydrogen-bond acceptors (Lipinski definition) is 4. The topological polar surface area (TPSA) is 123 Å². The van der Waals surface area contributed by atoms with Crippen molar-refractivity contribution < 1.29 is 31.9 Å². The van der Waals surface area contributed by atoms with Crippen LogP contribution >= 0.6 is 0 Å².